The Labute approximate surface area is 101 Å². The van der Waals surface area contributed by atoms with Gasteiger partial charge in [0.15, 0.2) is 0 Å². The van der Waals surface area contributed by atoms with E-state index in [0.29, 0.717) is 13.0 Å². The number of aliphatic carboxylic acids is 1. The van der Waals surface area contributed by atoms with Crippen molar-refractivity contribution in [3.8, 4) is 0 Å². The Balaban J connectivity index is 3.81. The Morgan fingerprint density at radius 3 is 2.35 bits per heavy atom. The van der Waals surface area contributed by atoms with Crippen LogP contribution in [0.15, 0.2) is 0 Å². The number of methoxy groups -OCH3 is 1. The van der Waals surface area contributed by atoms with E-state index in [1.165, 1.54) is 7.11 Å². The predicted molar refractivity (Wildman–Crippen MR) is 61.9 cm³/mol. The first kappa shape index (κ1) is 15.7. The standard InChI is InChI=1S/C11H21NO5/c1-11(2,3)17-10(15)12-6-5-8(16-4)7-9(13)14/h8H,5-7H2,1-4H3,(H,12,15)(H,13,14). The molecule has 6 heteroatoms. The molecule has 0 saturated carbocycles. The monoisotopic (exact) mass is 247 g/mol. The highest BCUT2D eigenvalue weighted by atomic mass is 16.6. The Morgan fingerprint density at radius 1 is 1.35 bits per heavy atom. The summed E-state index contributed by atoms with van der Waals surface area (Å²) < 4.78 is 10.00. The first-order chi connectivity index (χ1) is 7.74. The number of hydrogen-bond acceptors (Lipinski definition) is 4. The molecule has 0 bridgehead atoms. The summed E-state index contributed by atoms with van der Waals surface area (Å²) in [6, 6.07) is 0. The molecule has 1 unspecified atom stereocenters. The molecule has 0 saturated heterocycles. The molecule has 17 heavy (non-hydrogen) atoms. The van der Waals surface area contributed by atoms with E-state index in [2.05, 4.69) is 5.32 Å². The normalized spacial score (nSPS) is 12.9. The van der Waals surface area contributed by atoms with Crippen molar-refractivity contribution in [3.05, 3.63) is 0 Å². The topological polar surface area (TPSA) is 84.9 Å². The fourth-order valence-corrected chi connectivity index (χ4v) is 1.15. The Kier molecular flexibility index (Phi) is 6.57. The Bertz CT molecular complexity index is 259. The second kappa shape index (κ2) is 7.11. The summed E-state index contributed by atoms with van der Waals surface area (Å²) >= 11 is 0. The maximum absolute atomic E-state index is 11.3. The summed E-state index contributed by atoms with van der Waals surface area (Å²) in [5, 5.41) is 11.1. The number of carboxylic acids is 1. The maximum Gasteiger partial charge on any atom is 0.407 e. The van der Waals surface area contributed by atoms with Crippen molar-refractivity contribution in [1.82, 2.24) is 5.32 Å². The third kappa shape index (κ3) is 9.62. The van der Waals surface area contributed by atoms with Crippen molar-refractivity contribution in [2.45, 2.75) is 45.3 Å². The van der Waals surface area contributed by atoms with Crippen molar-refractivity contribution >= 4 is 12.1 Å². The number of nitrogens with one attached hydrogen (secondary N) is 1. The Morgan fingerprint density at radius 2 is 1.94 bits per heavy atom. The third-order valence-electron chi connectivity index (χ3n) is 1.87. The van der Waals surface area contributed by atoms with Gasteiger partial charge in [-0.05, 0) is 27.2 Å². The highest BCUT2D eigenvalue weighted by molar-refractivity contribution is 5.68. The van der Waals surface area contributed by atoms with Gasteiger partial charge in [-0.15, -0.1) is 0 Å². The largest absolute Gasteiger partial charge is 0.481 e. The van der Waals surface area contributed by atoms with Gasteiger partial charge in [0.25, 0.3) is 0 Å². The van der Waals surface area contributed by atoms with Crippen LogP contribution in [-0.2, 0) is 14.3 Å². The van der Waals surface area contributed by atoms with Gasteiger partial charge in [-0.2, -0.15) is 0 Å². The van der Waals surface area contributed by atoms with Crippen LogP contribution in [0.5, 0.6) is 0 Å². The van der Waals surface area contributed by atoms with Crippen LogP contribution in [0.2, 0.25) is 0 Å². The Hall–Kier alpha value is -1.30. The quantitative estimate of drug-likeness (QED) is 0.741. The highest BCUT2D eigenvalue weighted by Crippen LogP contribution is 2.07. The fourth-order valence-electron chi connectivity index (χ4n) is 1.15. The number of carbonyl (C=O) groups is 2. The minimum Gasteiger partial charge on any atom is -0.481 e. The van der Waals surface area contributed by atoms with Gasteiger partial charge in [0.2, 0.25) is 0 Å². The number of hydrogen-bond donors (Lipinski definition) is 2. The van der Waals surface area contributed by atoms with Crippen LogP contribution in [0, 0.1) is 0 Å². The lowest BCUT2D eigenvalue weighted by molar-refractivity contribution is -0.139. The zero-order valence-electron chi connectivity index (χ0n) is 10.8. The maximum atomic E-state index is 11.3. The molecule has 6 nitrogen and oxygen atoms in total. The van der Waals surface area contributed by atoms with Crippen LogP contribution in [0.1, 0.15) is 33.6 Å². The van der Waals surface area contributed by atoms with Gasteiger partial charge >= 0.3 is 12.1 Å². The van der Waals surface area contributed by atoms with Crippen molar-refractivity contribution in [2.24, 2.45) is 0 Å². The van der Waals surface area contributed by atoms with Crippen molar-refractivity contribution in [3.63, 3.8) is 0 Å². The molecule has 0 aromatic rings. The SMILES string of the molecule is COC(CCNC(=O)OC(C)(C)C)CC(=O)O. The van der Waals surface area contributed by atoms with E-state index >= 15 is 0 Å². The van der Waals surface area contributed by atoms with Gasteiger partial charge in [0.1, 0.15) is 5.60 Å². The van der Waals surface area contributed by atoms with Crippen LogP contribution in [0.3, 0.4) is 0 Å². The van der Waals surface area contributed by atoms with Gasteiger partial charge in [-0.3, -0.25) is 4.79 Å². The molecule has 0 aromatic heterocycles. The molecular weight excluding hydrogens is 226 g/mol. The van der Waals surface area contributed by atoms with Gasteiger partial charge in [-0.1, -0.05) is 0 Å². The summed E-state index contributed by atoms with van der Waals surface area (Å²) in [5.41, 5.74) is -0.536. The molecule has 0 heterocycles. The van der Waals surface area contributed by atoms with E-state index in [9.17, 15) is 9.59 Å². The molecule has 0 aromatic carbocycles. The molecule has 0 radical (unpaired) electrons. The van der Waals surface area contributed by atoms with Crippen LogP contribution in [-0.4, -0.2) is 42.5 Å². The average molecular weight is 247 g/mol. The molecule has 0 aliphatic heterocycles. The smallest absolute Gasteiger partial charge is 0.407 e. The van der Waals surface area contributed by atoms with Crippen molar-refractivity contribution in [1.29, 1.82) is 0 Å². The van der Waals surface area contributed by atoms with Gasteiger partial charge in [0, 0.05) is 13.7 Å². The van der Waals surface area contributed by atoms with E-state index in [0.717, 1.165) is 0 Å². The molecule has 0 aliphatic carbocycles. The van der Waals surface area contributed by atoms with Gasteiger partial charge in [0.05, 0.1) is 12.5 Å². The molecule has 100 valence electrons. The van der Waals surface area contributed by atoms with Crippen LogP contribution in [0.25, 0.3) is 0 Å². The summed E-state index contributed by atoms with van der Waals surface area (Å²) in [6.45, 7) is 5.64. The lowest BCUT2D eigenvalue weighted by atomic mass is 10.2. The molecule has 1 atom stereocenters. The summed E-state index contributed by atoms with van der Waals surface area (Å²) in [5.74, 6) is -0.922. The first-order valence-corrected chi connectivity index (χ1v) is 5.46. The number of amides is 1. The van der Waals surface area contributed by atoms with E-state index < -0.39 is 23.8 Å². The zero-order chi connectivity index (χ0) is 13.5. The van der Waals surface area contributed by atoms with Crippen LogP contribution < -0.4 is 5.32 Å². The summed E-state index contributed by atoms with van der Waals surface area (Å²) in [6.07, 6.45) is -0.556. The van der Waals surface area contributed by atoms with Crippen molar-refractivity contribution in [2.75, 3.05) is 13.7 Å². The number of rotatable bonds is 6. The van der Waals surface area contributed by atoms with Crippen LogP contribution >= 0.6 is 0 Å². The third-order valence-corrected chi connectivity index (χ3v) is 1.87. The number of carbonyl (C=O) groups excluding carboxylic acids is 1. The van der Waals surface area contributed by atoms with E-state index in [4.69, 9.17) is 14.6 Å². The van der Waals surface area contributed by atoms with Crippen LogP contribution in [0.4, 0.5) is 4.79 Å². The molecule has 0 spiro atoms. The fraction of sp³-hybridized carbons (Fsp3) is 0.818. The van der Waals surface area contributed by atoms with E-state index in [1.54, 1.807) is 20.8 Å². The second-order valence-corrected chi connectivity index (χ2v) is 4.67. The zero-order valence-corrected chi connectivity index (χ0v) is 10.8. The minimum absolute atomic E-state index is 0.0769. The molecule has 0 aliphatic rings. The van der Waals surface area contributed by atoms with E-state index in [1.807, 2.05) is 0 Å². The average Bonchev–Trinajstić information content (AvgIpc) is 2.12. The summed E-state index contributed by atoms with van der Waals surface area (Å²) in [4.78, 5) is 21.7. The molecule has 1 amide bonds. The lowest BCUT2D eigenvalue weighted by Gasteiger charge is -2.20. The number of carboxylic acid groups (broad SMARTS) is 1. The minimum atomic E-state index is -0.922. The van der Waals surface area contributed by atoms with Crippen molar-refractivity contribution < 1.29 is 24.2 Å². The first-order valence-electron chi connectivity index (χ1n) is 5.46. The van der Waals surface area contributed by atoms with E-state index in [-0.39, 0.29) is 6.42 Å². The second-order valence-electron chi connectivity index (χ2n) is 4.67. The molecular formula is C11H21NO5. The molecule has 2 N–H and O–H groups in total. The number of ether oxygens (including phenoxy) is 2. The molecule has 0 rings (SSSR count). The lowest BCUT2D eigenvalue weighted by Crippen LogP contribution is -2.34. The summed E-state index contributed by atoms with van der Waals surface area (Å²) in [7, 11) is 1.45. The molecule has 0 fully saturated rings. The predicted octanol–water partition coefficient (Wildman–Crippen LogP) is 1.39. The number of alkyl carbamates (subject to hydrolysis) is 1. The van der Waals surface area contributed by atoms with Gasteiger partial charge in [-0.25, -0.2) is 4.79 Å². The highest BCUT2D eigenvalue weighted by Gasteiger charge is 2.17. The van der Waals surface area contributed by atoms with Gasteiger partial charge < -0.3 is 19.9 Å².